The summed E-state index contributed by atoms with van der Waals surface area (Å²) >= 11 is 12.5. The molecule has 1 N–H and O–H groups in total. The van der Waals surface area contributed by atoms with E-state index in [-0.39, 0.29) is 5.91 Å². The highest BCUT2D eigenvalue weighted by atomic mass is 35.5. The number of halogens is 2. The minimum Gasteiger partial charge on any atom is -0.322 e. The first-order valence-corrected chi connectivity index (χ1v) is 9.30. The predicted octanol–water partition coefficient (Wildman–Crippen LogP) is 4.89. The topological polar surface area (TPSA) is 32.3 Å². The van der Waals surface area contributed by atoms with Crippen LogP contribution in [0.2, 0.25) is 10.0 Å². The van der Waals surface area contributed by atoms with E-state index in [1.807, 2.05) is 13.0 Å². The van der Waals surface area contributed by atoms with Crippen LogP contribution in [-0.4, -0.2) is 29.9 Å². The van der Waals surface area contributed by atoms with Gasteiger partial charge < -0.3 is 5.32 Å². The van der Waals surface area contributed by atoms with Gasteiger partial charge in [-0.25, -0.2) is 0 Å². The maximum atomic E-state index is 12.5. The minimum absolute atomic E-state index is 0.0226. The molecule has 1 aliphatic carbocycles. The highest BCUT2D eigenvalue weighted by molar-refractivity contribution is 6.40. The molecule has 3 nitrogen and oxygen atoms in total. The van der Waals surface area contributed by atoms with Crippen LogP contribution in [0.25, 0.3) is 0 Å². The first-order chi connectivity index (χ1) is 11.1. The molecule has 0 spiro atoms. The number of rotatable bonds is 3. The Morgan fingerprint density at radius 3 is 2.78 bits per heavy atom. The van der Waals surface area contributed by atoms with E-state index >= 15 is 0 Å². The van der Waals surface area contributed by atoms with Crippen molar-refractivity contribution in [3.05, 3.63) is 27.7 Å². The fraction of sp³-hybridized carbons (Fsp3) is 0.611. The van der Waals surface area contributed by atoms with E-state index in [1.165, 1.54) is 38.5 Å². The fourth-order valence-corrected chi connectivity index (χ4v) is 4.52. The predicted molar refractivity (Wildman–Crippen MR) is 96.4 cm³/mol. The van der Waals surface area contributed by atoms with Crippen molar-refractivity contribution in [1.29, 1.82) is 0 Å². The molecule has 5 heteroatoms. The zero-order valence-electron chi connectivity index (χ0n) is 13.6. The number of amides is 1. The quantitative estimate of drug-likeness (QED) is 0.837. The molecular weight excluding hydrogens is 331 g/mol. The second kappa shape index (κ2) is 7.42. The number of carbonyl (C=O) groups excluding carboxylic acids is 1. The minimum atomic E-state index is -0.0226. The summed E-state index contributed by atoms with van der Waals surface area (Å²) in [7, 11) is 0. The molecule has 2 fully saturated rings. The highest BCUT2D eigenvalue weighted by Crippen LogP contribution is 2.36. The van der Waals surface area contributed by atoms with Gasteiger partial charge >= 0.3 is 0 Å². The van der Waals surface area contributed by atoms with Crippen LogP contribution in [0.4, 0.5) is 5.69 Å². The molecule has 1 amide bonds. The third-order valence-electron chi connectivity index (χ3n) is 5.25. The highest BCUT2D eigenvalue weighted by Gasteiger charge is 2.33. The standard InChI is InChI=1S/C18H24Cl2N2O/c1-12-8-9-14(19)18(17(12)20)21-16(23)11-22-10-4-6-13-5-2-3-7-15(13)22/h8-9,13,15H,2-7,10-11H2,1H3,(H,21,23)/t13-,15-/m0/s1. The van der Waals surface area contributed by atoms with E-state index in [4.69, 9.17) is 23.2 Å². The van der Waals surface area contributed by atoms with Crippen LogP contribution >= 0.6 is 23.2 Å². The number of piperidine rings is 1. The Labute approximate surface area is 148 Å². The Kier molecular flexibility index (Phi) is 5.50. The number of nitrogens with zero attached hydrogens (tertiary/aromatic N) is 1. The number of hydrogen-bond acceptors (Lipinski definition) is 2. The number of nitrogens with one attached hydrogen (secondary N) is 1. The third kappa shape index (κ3) is 3.84. The summed E-state index contributed by atoms with van der Waals surface area (Å²) in [5, 5.41) is 3.93. The Morgan fingerprint density at radius 2 is 1.96 bits per heavy atom. The van der Waals surface area contributed by atoms with Crippen molar-refractivity contribution in [2.45, 2.75) is 51.5 Å². The van der Waals surface area contributed by atoms with E-state index < -0.39 is 0 Å². The Balaban J connectivity index is 1.66. The summed E-state index contributed by atoms with van der Waals surface area (Å²) in [6, 6.07) is 4.21. The van der Waals surface area contributed by atoms with E-state index in [0.717, 1.165) is 18.0 Å². The SMILES string of the molecule is Cc1ccc(Cl)c(NC(=O)CN2CCC[C@@H]3CCCC[C@@H]32)c1Cl. The average Bonchev–Trinajstić information content (AvgIpc) is 2.55. The summed E-state index contributed by atoms with van der Waals surface area (Å²) in [5.74, 6) is 0.752. The Hall–Kier alpha value is -0.770. The van der Waals surface area contributed by atoms with Crippen LogP contribution in [-0.2, 0) is 4.79 Å². The maximum Gasteiger partial charge on any atom is 0.238 e. The van der Waals surface area contributed by atoms with Gasteiger partial charge in [0, 0.05) is 6.04 Å². The zero-order chi connectivity index (χ0) is 16.4. The smallest absolute Gasteiger partial charge is 0.238 e. The van der Waals surface area contributed by atoms with Gasteiger partial charge in [0.1, 0.15) is 0 Å². The average molecular weight is 355 g/mol. The van der Waals surface area contributed by atoms with Gasteiger partial charge in [0.2, 0.25) is 5.91 Å². The van der Waals surface area contributed by atoms with Crippen LogP contribution in [0.15, 0.2) is 12.1 Å². The third-order valence-corrected chi connectivity index (χ3v) is 6.06. The lowest BCUT2D eigenvalue weighted by Crippen LogP contribution is -2.49. The molecular formula is C18H24Cl2N2O. The molecule has 0 radical (unpaired) electrons. The van der Waals surface area contributed by atoms with Crippen LogP contribution < -0.4 is 5.32 Å². The number of fused-ring (bicyclic) bond motifs is 1. The number of likely N-dealkylation sites (tertiary alicyclic amines) is 1. The van der Waals surface area contributed by atoms with Crippen LogP contribution in [0.5, 0.6) is 0 Å². The maximum absolute atomic E-state index is 12.5. The molecule has 2 aliphatic rings. The molecule has 1 aromatic carbocycles. The number of aryl methyl sites for hydroxylation is 1. The lowest BCUT2D eigenvalue weighted by molar-refractivity contribution is -0.118. The number of benzene rings is 1. The normalized spacial score (nSPS) is 25.0. The zero-order valence-corrected chi connectivity index (χ0v) is 15.1. The van der Waals surface area contributed by atoms with Gasteiger partial charge in [0.25, 0.3) is 0 Å². The van der Waals surface area contributed by atoms with E-state index in [9.17, 15) is 4.79 Å². The Morgan fingerprint density at radius 1 is 1.22 bits per heavy atom. The molecule has 0 bridgehead atoms. The largest absolute Gasteiger partial charge is 0.322 e. The lowest BCUT2D eigenvalue weighted by atomic mass is 9.78. The molecule has 3 rings (SSSR count). The van der Waals surface area contributed by atoms with Gasteiger partial charge in [-0.05, 0) is 56.7 Å². The summed E-state index contributed by atoms with van der Waals surface area (Å²) in [5.41, 5.74) is 1.45. The molecule has 1 saturated carbocycles. The molecule has 1 aliphatic heterocycles. The van der Waals surface area contributed by atoms with Gasteiger partial charge in [-0.3, -0.25) is 9.69 Å². The number of hydrogen-bond donors (Lipinski definition) is 1. The first kappa shape index (κ1) is 17.1. The number of anilines is 1. The Bertz CT molecular complexity index is 589. The lowest BCUT2D eigenvalue weighted by Gasteiger charge is -2.43. The fourth-order valence-electron chi connectivity index (χ4n) is 4.06. The molecule has 2 atom stereocenters. The second-order valence-electron chi connectivity index (χ2n) is 6.83. The van der Waals surface area contributed by atoms with Crippen LogP contribution in [0.1, 0.15) is 44.1 Å². The van der Waals surface area contributed by atoms with E-state index in [1.54, 1.807) is 6.07 Å². The molecule has 1 saturated heterocycles. The molecule has 126 valence electrons. The molecule has 1 heterocycles. The molecule has 1 aromatic rings. The van der Waals surface area contributed by atoms with Crippen LogP contribution in [0.3, 0.4) is 0 Å². The van der Waals surface area contributed by atoms with Crippen molar-refractivity contribution in [2.75, 3.05) is 18.4 Å². The number of carbonyl (C=O) groups is 1. The van der Waals surface area contributed by atoms with Gasteiger partial charge in [-0.2, -0.15) is 0 Å². The molecule has 0 unspecified atom stereocenters. The van der Waals surface area contributed by atoms with Crippen molar-refractivity contribution < 1.29 is 4.79 Å². The van der Waals surface area contributed by atoms with Crippen molar-refractivity contribution in [1.82, 2.24) is 4.90 Å². The van der Waals surface area contributed by atoms with Gasteiger partial charge in [-0.15, -0.1) is 0 Å². The first-order valence-electron chi connectivity index (χ1n) is 8.55. The van der Waals surface area contributed by atoms with Gasteiger partial charge in [0.05, 0.1) is 22.3 Å². The molecule has 23 heavy (non-hydrogen) atoms. The van der Waals surface area contributed by atoms with Crippen LogP contribution in [0, 0.1) is 12.8 Å². The van der Waals surface area contributed by atoms with Crippen molar-refractivity contribution in [3.63, 3.8) is 0 Å². The van der Waals surface area contributed by atoms with Crippen molar-refractivity contribution >= 4 is 34.8 Å². The second-order valence-corrected chi connectivity index (χ2v) is 7.61. The van der Waals surface area contributed by atoms with E-state index in [2.05, 4.69) is 10.2 Å². The van der Waals surface area contributed by atoms with Crippen molar-refractivity contribution in [3.8, 4) is 0 Å². The summed E-state index contributed by atoms with van der Waals surface area (Å²) < 4.78 is 0. The van der Waals surface area contributed by atoms with Gasteiger partial charge in [0.15, 0.2) is 0 Å². The monoisotopic (exact) mass is 354 g/mol. The molecule has 0 aromatic heterocycles. The van der Waals surface area contributed by atoms with E-state index in [0.29, 0.717) is 28.3 Å². The summed E-state index contributed by atoms with van der Waals surface area (Å²) in [6.45, 7) is 3.36. The van der Waals surface area contributed by atoms with Crippen molar-refractivity contribution in [2.24, 2.45) is 5.92 Å². The summed E-state index contributed by atoms with van der Waals surface area (Å²) in [4.78, 5) is 14.9. The van der Waals surface area contributed by atoms with Gasteiger partial charge in [-0.1, -0.05) is 42.1 Å². The summed E-state index contributed by atoms with van der Waals surface area (Å²) in [6.07, 6.45) is 7.69.